The van der Waals surface area contributed by atoms with Crippen LogP contribution >= 0.6 is 0 Å². The number of rotatable bonds is 4. The van der Waals surface area contributed by atoms with Gasteiger partial charge in [0.15, 0.2) is 0 Å². The van der Waals surface area contributed by atoms with E-state index in [2.05, 4.69) is 5.32 Å². The van der Waals surface area contributed by atoms with Crippen molar-refractivity contribution >= 4 is 23.7 Å². The number of imide groups is 1. The van der Waals surface area contributed by atoms with Crippen LogP contribution < -0.4 is 5.32 Å². The van der Waals surface area contributed by atoms with Crippen LogP contribution in [0, 0.1) is 22.9 Å². The molecule has 0 atom stereocenters. The zero-order valence-electron chi connectivity index (χ0n) is 13.7. The van der Waals surface area contributed by atoms with Crippen LogP contribution in [0.1, 0.15) is 16.7 Å². The van der Waals surface area contributed by atoms with E-state index < -0.39 is 22.7 Å². The number of carbonyl (C=O) groups is 2. The highest BCUT2D eigenvalue weighted by molar-refractivity contribution is 6.13. The second-order valence-electron chi connectivity index (χ2n) is 5.77. The van der Waals surface area contributed by atoms with Gasteiger partial charge in [0.1, 0.15) is 11.5 Å². The highest BCUT2D eigenvalue weighted by atomic mass is 19.1. The maximum atomic E-state index is 13.8. The Kier molecular flexibility index (Phi) is 4.49. The van der Waals surface area contributed by atoms with Crippen molar-refractivity contribution in [2.45, 2.75) is 13.5 Å². The lowest BCUT2D eigenvalue weighted by Crippen LogP contribution is -2.30. The molecular formula is C18H14FN3O4. The van der Waals surface area contributed by atoms with Gasteiger partial charge in [-0.3, -0.25) is 19.8 Å². The molecule has 1 aliphatic rings. The molecular weight excluding hydrogens is 341 g/mol. The van der Waals surface area contributed by atoms with Crippen LogP contribution in [0.3, 0.4) is 0 Å². The molecule has 8 heteroatoms. The Morgan fingerprint density at radius 1 is 1.23 bits per heavy atom. The number of nitro groups is 1. The van der Waals surface area contributed by atoms with Crippen LogP contribution in [0.25, 0.3) is 6.08 Å². The molecule has 1 aliphatic heterocycles. The van der Waals surface area contributed by atoms with Crippen molar-refractivity contribution in [1.29, 1.82) is 0 Å². The topological polar surface area (TPSA) is 92.6 Å². The third-order valence-electron chi connectivity index (χ3n) is 3.99. The molecule has 1 N–H and O–H groups in total. The Morgan fingerprint density at radius 3 is 2.65 bits per heavy atom. The second kappa shape index (κ2) is 6.75. The third-order valence-corrected chi connectivity index (χ3v) is 3.99. The van der Waals surface area contributed by atoms with Gasteiger partial charge in [-0.1, -0.05) is 30.3 Å². The summed E-state index contributed by atoms with van der Waals surface area (Å²) in [6, 6.07) is 9.67. The van der Waals surface area contributed by atoms with Crippen LogP contribution in [0.4, 0.5) is 14.9 Å². The SMILES string of the molecule is Cc1ccc(/C=C2/NC(=O)N(Cc3ccccc3F)C2=O)cc1[N+](=O)[O-]. The number of carbonyl (C=O) groups excluding carboxylic acids is 2. The van der Waals surface area contributed by atoms with Gasteiger partial charge in [0.05, 0.1) is 11.5 Å². The van der Waals surface area contributed by atoms with E-state index in [4.69, 9.17) is 0 Å². The van der Waals surface area contributed by atoms with Gasteiger partial charge in [0.2, 0.25) is 0 Å². The molecule has 2 aromatic carbocycles. The smallest absolute Gasteiger partial charge is 0.303 e. The predicted molar refractivity (Wildman–Crippen MR) is 91.3 cm³/mol. The van der Waals surface area contributed by atoms with E-state index in [9.17, 15) is 24.1 Å². The van der Waals surface area contributed by atoms with Crippen molar-refractivity contribution in [1.82, 2.24) is 10.2 Å². The molecule has 0 spiro atoms. The van der Waals surface area contributed by atoms with E-state index in [1.165, 1.54) is 30.3 Å². The monoisotopic (exact) mass is 355 g/mol. The largest absolute Gasteiger partial charge is 0.329 e. The summed E-state index contributed by atoms with van der Waals surface area (Å²) in [6.45, 7) is 1.40. The summed E-state index contributed by atoms with van der Waals surface area (Å²) in [5, 5.41) is 13.4. The molecule has 0 unspecified atom stereocenters. The number of amides is 3. The first-order valence-electron chi connectivity index (χ1n) is 7.70. The van der Waals surface area contributed by atoms with Crippen LogP contribution in [0.2, 0.25) is 0 Å². The number of hydrogen-bond acceptors (Lipinski definition) is 4. The minimum absolute atomic E-state index is 0.0236. The molecule has 0 saturated carbocycles. The lowest BCUT2D eigenvalue weighted by Gasteiger charge is -2.12. The Bertz CT molecular complexity index is 955. The first kappa shape index (κ1) is 17.3. The number of hydrogen-bond donors (Lipinski definition) is 1. The van der Waals surface area contributed by atoms with E-state index in [1.54, 1.807) is 25.1 Å². The average Bonchev–Trinajstić information content (AvgIpc) is 2.85. The Balaban J connectivity index is 1.87. The molecule has 3 rings (SSSR count). The quantitative estimate of drug-likeness (QED) is 0.395. The van der Waals surface area contributed by atoms with Gasteiger partial charge in [-0.15, -0.1) is 0 Å². The Hall–Kier alpha value is -3.55. The molecule has 1 fully saturated rings. The molecule has 0 bridgehead atoms. The Labute approximate surface area is 147 Å². The van der Waals surface area contributed by atoms with E-state index in [0.717, 1.165) is 4.90 Å². The van der Waals surface area contributed by atoms with Crippen molar-refractivity contribution in [2.75, 3.05) is 0 Å². The van der Waals surface area contributed by atoms with E-state index >= 15 is 0 Å². The van der Waals surface area contributed by atoms with Gasteiger partial charge < -0.3 is 5.32 Å². The zero-order valence-corrected chi connectivity index (χ0v) is 13.7. The van der Waals surface area contributed by atoms with Crippen LogP contribution in [-0.2, 0) is 11.3 Å². The van der Waals surface area contributed by atoms with E-state index in [0.29, 0.717) is 11.1 Å². The first-order chi connectivity index (χ1) is 12.4. The fourth-order valence-electron chi connectivity index (χ4n) is 2.59. The van der Waals surface area contributed by atoms with Gasteiger partial charge in [0.25, 0.3) is 11.6 Å². The summed E-state index contributed by atoms with van der Waals surface area (Å²) in [6.07, 6.45) is 1.36. The summed E-state index contributed by atoms with van der Waals surface area (Å²) in [5.74, 6) is -1.14. The van der Waals surface area contributed by atoms with Crippen molar-refractivity contribution < 1.29 is 18.9 Å². The number of nitrogens with zero attached hydrogens (tertiary/aromatic N) is 2. The number of nitro benzene ring substituents is 1. The predicted octanol–water partition coefficient (Wildman–Crippen LogP) is 3.14. The number of aryl methyl sites for hydroxylation is 1. The number of benzene rings is 2. The molecule has 1 heterocycles. The van der Waals surface area contributed by atoms with Gasteiger partial charge in [-0.25, -0.2) is 9.18 Å². The molecule has 2 aromatic rings. The minimum atomic E-state index is -0.675. The normalized spacial score (nSPS) is 15.5. The van der Waals surface area contributed by atoms with E-state index in [1.807, 2.05) is 0 Å². The van der Waals surface area contributed by atoms with Gasteiger partial charge >= 0.3 is 6.03 Å². The van der Waals surface area contributed by atoms with Crippen molar-refractivity contribution in [2.24, 2.45) is 0 Å². The van der Waals surface area contributed by atoms with E-state index in [-0.39, 0.29) is 23.5 Å². The molecule has 7 nitrogen and oxygen atoms in total. The molecule has 1 saturated heterocycles. The highest BCUT2D eigenvalue weighted by Crippen LogP contribution is 2.23. The van der Waals surface area contributed by atoms with Gasteiger partial charge in [-0.2, -0.15) is 0 Å². The first-order valence-corrected chi connectivity index (χ1v) is 7.70. The lowest BCUT2D eigenvalue weighted by atomic mass is 10.1. The zero-order chi connectivity index (χ0) is 18.8. The van der Waals surface area contributed by atoms with Crippen molar-refractivity contribution in [3.05, 3.63) is 80.8 Å². The maximum absolute atomic E-state index is 13.8. The summed E-state index contributed by atoms with van der Waals surface area (Å²) in [5.41, 5.74) is 0.992. The number of nitrogens with one attached hydrogen (secondary N) is 1. The highest BCUT2D eigenvalue weighted by Gasteiger charge is 2.34. The van der Waals surface area contributed by atoms with Crippen molar-refractivity contribution in [3.8, 4) is 0 Å². The average molecular weight is 355 g/mol. The molecule has 3 amide bonds. The lowest BCUT2D eigenvalue weighted by molar-refractivity contribution is -0.385. The maximum Gasteiger partial charge on any atom is 0.329 e. The number of urea groups is 1. The molecule has 0 aromatic heterocycles. The van der Waals surface area contributed by atoms with Crippen molar-refractivity contribution in [3.63, 3.8) is 0 Å². The summed E-state index contributed by atoms with van der Waals surface area (Å²) in [7, 11) is 0. The fourth-order valence-corrected chi connectivity index (χ4v) is 2.59. The molecule has 26 heavy (non-hydrogen) atoms. The van der Waals surface area contributed by atoms with Crippen LogP contribution in [0.5, 0.6) is 0 Å². The molecule has 132 valence electrons. The second-order valence-corrected chi connectivity index (χ2v) is 5.77. The fraction of sp³-hybridized carbons (Fsp3) is 0.111. The molecule has 0 aliphatic carbocycles. The minimum Gasteiger partial charge on any atom is -0.303 e. The third kappa shape index (κ3) is 3.30. The van der Waals surface area contributed by atoms with Gasteiger partial charge in [0, 0.05) is 17.2 Å². The number of halogens is 1. The standard InChI is InChI=1S/C18H14FN3O4/c1-11-6-7-12(9-16(11)22(25)26)8-15-17(23)21(18(24)20-15)10-13-4-2-3-5-14(13)19/h2-9H,10H2,1H3,(H,20,24)/b15-8+. The summed E-state index contributed by atoms with van der Waals surface area (Å²) < 4.78 is 13.8. The Morgan fingerprint density at radius 2 is 1.96 bits per heavy atom. The van der Waals surface area contributed by atoms with Crippen LogP contribution in [-0.4, -0.2) is 21.8 Å². The van der Waals surface area contributed by atoms with Crippen LogP contribution in [0.15, 0.2) is 48.2 Å². The molecule has 0 radical (unpaired) electrons. The van der Waals surface area contributed by atoms with Gasteiger partial charge in [-0.05, 0) is 24.6 Å². The summed E-state index contributed by atoms with van der Waals surface area (Å²) >= 11 is 0. The summed E-state index contributed by atoms with van der Waals surface area (Å²) in [4.78, 5) is 35.9.